The number of carboxylic acid groups (broad SMARTS) is 1. The summed E-state index contributed by atoms with van der Waals surface area (Å²) in [6.45, 7) is 1.86. The molecular weight excluding hydrogens is 215 g/mol. The third kappa shape index (κ3) is 11.2. The van der Waals surface area contributed by atoms with Crippen molar-refractivity contribution in [2.45, 2.75) is 32.4 Å². The minimum Gasteiger partial charge on any atom is -0.481 e. The molecule has 0 aromatic rings. The van der Waals surface area contributed by atoms with Gasteiger partial charge in [-0.2, -0.15) is 0 Å². The van der Waals surface area contributed by atoms with E-state index in [1.165, 1.54) is 17.8 Å². The van der Waals surface area contributed by atoms with Gasteiger partial charge < -0.3 is 5.11 Å². The number of allylic oxidation sites excluding steroid dienone is 3. The van der Waals surface area contributed by atoms with Gasteiger partial charge in [0.1, 0.15) is 6.17 Å². The zero-order chi connectivity index (χ0) is 11.5. The second kappa shape index (κ2) is 9.77. The number of rotatable bonds is 8. The molecule has 0 radical (unpaired) electrons. The minimum absolute atomic E-state index is 0.179. The number of aliphatic carboxylic acids is 1. The van der Waals surface area contributed by atoms with Crippen molar-refractivity contribution in [3.63, 3.8) is 0 Å². The number of carboxylic acids is 1. The van der Waals surface area contributed by atoms with Crippen LogP contribution in [0.15, 0.2) is 23.6 Å². The Morgan fingerprint density at radius 1 is 1.60 bits per heavy atom. The maximum atomic E-state index is 13.0. The largest absolute Gasteiger partial charge is 0.481 e. The second-order valence-corrected chi connectivity index (χ2v) is 4.03. The van der Waals surface area contributed by atoms with Crippen molar-refractivity contribution in [1.29, 1.82) is 0 Å². The van der Waals surface area contributed by atoms with Crippen LogP contribution in [-0.4, -0.2) is 23.0 Å². The van der Waals surface area contributed by atoms with Crippen LogP contribution in [0.2, 0.25) is 0 Å². The van der Waals surface area contributed by atoms with E-state index >= 15 is 0 Å². The summed E-state index contributed by atoms with van der Waals surface area (Å²) in [4.78, 5) is 10.2. The van der Waals surface area contributed by atoms with E-state index < -0.39 is 12.1 Å². The predicted molar refractivity (Wildman–Crippen MR) is 62.8 cm³/mol. The molecule has 0 rings (SSSR count). The SMILES string of the molecule is C/C=C\CC(F)/C=C/SCCCC(=O)O. The molecule has 0 bridgehead atoms. The van der Waals surface area contributed by atoms with Gasteiger partial charge in [-0.05, 0) is 30.6 Å². The van der Waals surface area contributed by atoms with Crippen molar-refractivity contribution >= 4 is 17.7 Å². The molecule has 0 saturated carbocycles. The van der Waals surface area contributed by atoms with E-state index in [0.717, 1.165) is 5.75 Å². The fraction of sp³-hybridized carbons (Fsp3) is 0.545. The van der Waals surface area contributed by atoms with Gasteiger partial charge in [0.15, 0.2) is 0 Å². The van der Waals surface area contributed by atoms with E-state index in [4.69, 9.17) is 5.11 Å². The predicted octanol–water partition coefficient (Wildman–Crippen LogP) is 3.40. The highest BCUT2D eigenvalue weighted by molar-refractivity contribution is 8.02. The lowest BCUT2D eigenvalue weighted by Gasteiger charge is -1.97. The van der Waals surface area contributed by atoms with Crippen LogP contribution in [0.4, 0.5) is 4.39 Å². The van der Waals surface area contributed by atoms with Crippen molar-refractivity contribution in [2.24, 2.45) is 0 Å². The van der Waals surface area contributed by atoms with Gasteiger partial charge in [-0.1, -0.05) is 12.2 Å². The highest BCUT2D eigenvalue weighted by Crippen LogP contribution is 2.09. The standard InChI is InChI=1S/C11H17FO2S/c1-2-3-5-10(12)7-9-15-8-4-6-11(13)14/h2-3,7,9-10H,4-6,8H2,1H3,(H,13,14)/b3-2-,9-7+. The third-order valence-corrected chi connectivity index (χ3v) is 2.51. The molecule has 0 spiro atoms. The lowest BCUT2D eigenvalue weighted by molar-refractivity contribution is -0.137. The van der Waals surface area contributed by atoms with Crippen LogP contribution in [-0.2, 0) is 4.79 Å². The summed E-state index contributed by atoms with van der Waals surface area (Å²) in [6, 6.07) is 0. The first-order valence-corrected chi connectivity index (χ1v) is 5.97. The molecule has 15 heavy (non-hydrogen) atoms. The van der Waals surface area contributed by atoms with Crippen molar-refractivity contribution in [3.8, 4) is 0 Å². The topological polar surface area (TPSA) is 37.3 Å². The Balaban J connectivity index is 3.41. The van der Waals surface area contributed by atoms with E-state index in [-0.39, 0.29) is 6.42 Å². The van der Waals surface area contributed by atoms with Crippen LogP contribution < -0.4 is 0 Å². The Morgan fingerprint density at radius 3 is 2.93 bits per heavy atom. The fourth-order valence-electron chi connectivity index (χ4n) is 0.860. The maximum Gasteiger partial charge on any atom is 0.303 e. The third-order valence-electron chi connectivity index (χ3n) is 1.63. The van der Waals surface area contributed by atoms with Crippen molar-refractivity contribution in [3.05, 3.63) is 23.6 Å². The molecule has 0 heterocycles. The summed E-state index contributed by atoms with van der Waals surface area (Å²) >= 11 is 1.45. The molecule has 0 aromatic heterocycles. The maximum absolute atomic E-state index is 13.0. The molecular formula is C11H17FO2S. The van der Waals surface area contributed by atoms with E-state index in [2.05, 4.69) is 0 Å². The number of carbonyl (C=O) groups is 1. The molecule has 0 amide bonds. The van der Waals surface area contributed by atoms with Gasteiger partial charge in [-0.25, -0.2) is 4.39 Å². The molecule has 86 valence electrons. The average molecular weight is 232 g/mol. The minimum atomic E-state index is -0.937. The van der Waals surface area contributed by atoms with Gasteiger partial charge in [0, 0.05) is 12.8 Å². The number of hydrogen-bond donors (Lipinski definition) is 1. The van der Waals surface area contributed by atoms with Gasteiger partial charge in [0.2, 0.25) is 0 Å². The van der Waals surface area contributed by atoms with Gasteiger partial charge >= 0.3 is 5.97 Å². The van der Waals surface area contributed by atoms with Crippen LogP contribution in [0, 0.1) is 0 Å². The highest BCUT2D eigenvalue weighted by Gasteiger charge is 1.97. The van der Waals surface area contributed by atoms with Crippen LogP contribution >= 0.6 is 11.8 Å². The monoisotopic (exact) mass is 232 g/mol. The molecule has 0 aliphatic carbocycles. The highest BCUT2D eigenvalue weighted by atomic mass is 32.2. The van der Waals surface area contributed by atoms with E-state index in [1.54, 1.807) is 11.5 Å². The van der Waals surface area contributed by atoms with Crippen molar-refractivity contribution in [1.82, 2.24) is 0 Å². The van der Waals surface area contributed by atoms with Crippen LogP contribution in [0.5, 0.6) is 0 Å². The van der Waals surface area contributed by atoms with Crippen LogP contribution in [0.1, 0.15) is 26.2 Å². The molecule has 1 atom stereocenters. The molecule has 1 N–H and O–H groups in total. The Hall–Kier alpha value is -0.770. The normalized spacial score (nSPS) is 13.7. The summed E-state index contributed by atoms with van der Waals surface area (Å²) in [5, 5.41) is 10.1. The summed E-state index contributed by atoms with van der Waals surface area (Å²) < 4.78 is 13.0. The Labute approximate surface area is 94.3 Å². The molecule has 2 nitrogen and oxygen atoms in total. The molecule has 0 aliphatic rings. The summed E-state index contributed by atoms with van der Waals surface area (Å²) in [5.41, 5.74) is 0. The Kier molecular flexibility index (Phi) is 9.27. The lowest BCUT2D eigenvalue weighted by atomic mass is 10.2. The van der Waals surface area contributed by atoms with Crippen LogP contribution in [0.25, 0.3) is 0 Å². The quantitative estimate of drug-likeness (QED) is 0.515. The first-order chi connectivity index (χ1) is 7.16. The Morgan fingerprint density at radius 2 is 2.33 bits per heavy atom. The number of alkyl halides is 1. The van der Waals surface area contributed by atoms with Gasteiger partial charge in [0.25, 0.3) is 0 Å². The zero-order valence-electron chi connectivity index (χ0n) is 8.86. The van der Waals surface area contributed by atoms with Crippen molar-refractivity contribution in [2.75, 3.05) is 5.75 Å². The van der Waals surface area contributed by atoms with Gasteiger partial charge in [-0.3, -0.25) is 4.79 Å². The van der Waals surface area contributed by atoms with Gasteiger partial charge in [-0.15, -0.1) is 11.8 Å². The number of thioether (sulfide) groups is 1. The summed E-state index contributed by atoms with van der Waals surface area (Å²) in [5.74, 6) is -0.0601. The number of hydrogen-bond acceptors (Lipinski definition) is 2. The first-order valence-electron chi connectivity index (χ1n) is 4.92. The molecule has 0 fully saturated rings. The van der Waals surface area contributed by atoms with E-state index in [1.807, 2.05) is 13.0 Å². The van der Waals surface area contributed by atoms with E-state index in [9.17, 15) is 9.18 Å². The molecule has 0 aromatic carbocycles. The van der Waals surface area contributed by atoms with Crippen molar-refractivity contribution < 1.29 is 14.3 Å². The lowest BCUT2D eigenvalue weighted by Crippen LogP contribution is -1.94. The summed E-state index contributed by atoms with van der Waals surface area (Å²) in [6.07, 6.45) is 5.38. The molecule has 4 heteroatoms. The second-order valence-electron chi connectivity index (χ2n) is 3.02. The van der Waals surface area contributed by atoms with Gasteiger partial charge in [0.05, 0.1) is 0 Å². The fourth-order valence-corrected chi connectivity index (χ4v) is 1.59. The summed E-state index contributed by atoms with van der Waals surface area (Å²) in [7, 11) is 0. The van der Waals surface area contributed by atoms with E-state index in [0.29, 0.717) is 12.8 Å². The average Bonchev–Trinajstić information content (AvgIpc) is 2.19. The number of halogens is 1. The molecule has 0 saturated heterocycles. The smallest absolute Gasteiger partial charge is 0.303 e. The molecule has 1 unspecified atom stereocenters. The van der Waals surface area contributed by atoms with Crippen LogP contribution in [0.3, 0.4) is 0 Å². The first kappa shape index (κ1) is 14.2. The molecule has 0 aliphatic heterocycles. The zero-order valence-corrected chi connectivity index (χ0v) is 9.67. The Bertz CT molecular complexity index is 227.